The number of hydrogen-bond acceptors (Lipinski definition) is 2. The van der Waals surface area contributed by atoms with Gasteiger partial charge in [-0.25, -0.2) is 0 Å². The summed E-state index contributed by atoms with van der Waals surface area (Å²) in [5.74, 6) is 0. The molecule has 1 heterocycles. The summed E-state index contributed by atoms with van der Waals surface area (Å²) in [5.41, 5.74) is 4.17. The van der Waals surface area contributed by atoms with E-state index in [1.807, 2.05) is 0 Å². The molecule has 0 bridgehead atoms. The first-order chi connectivity index (χ1) is 8.76. The van der Waals surface area contributed by atoms with E-state index in [0.29, 0.717) is 6.04 Å². The van der Waals surface area contributed by atoms with Gasteiger partial charge in [0.1, 0.15) is 0 Å². The molecule has 110 valence electrons. The molecule has 0 aromatic carbocycles. The lowest BCUT2D eigenvalue weighted by Gasteiger charge is -2.21. The molecule has 0 aliphatic rings. The average Bonchev–Trinajstić information content (AvgIpc) is 2.58. The van der Waals surface area contributed by atoms with Crippen LogP contribution < -0.4 is 5.32 Å². The SMILES string of the molecule is CCc1c(C)nn(C(C)CCCNC(C)(C)C)c1C. The lowest BCUT2D eigenvalue weighted by atomic mass is 10.1. The summed E-state index contributed by atoms with van der Waals surface area (Å²) in [6, 6.07) is 0.487. The maximum absolute atomic E-state index is 4.70. The minimum atomic E-state index is 0.219. The molecule has 1 rings (SSSR count). The van der Waals surface area contributed by atoms with Gasteiger partial charge in [-0.2, -0.15) is 5.10 Å². The van der Waals surface area contributed by atoms with E-state index in [-0.39, 0.29) is 5.54 Å². The Hall–Kier alpha value is -0.830. The van der Waals surface area contributed by atoms with Crippen molar-refractivity contribution in [2.24, 2.45) is 0 Å². The second kappa shape index (κ2) is 6.56. The lowest BCUT2D eigenvalue weighted by molar-refractivity contribution is 0.387. The maximum atomic E-state index is 4.70. The summed E-state index contributed by atoms with van der Waals surface area (Å²) >= 11 is 0. The van der Waals surface area contributed by atoms with Crippen LogP contribution in [0.25, 0.3) is 0 Å². The van der Waals surface area contributed by atoms with E-state index in [1.165, 1.54) is 29.8 Å². The highest BCUT2D eigenvalue weighted by Crippen LogP contribution is 2.20. The molecule has 0 saturated carbocycles. The minimum Gasteiger partial charge on any atom is -0.312 e. The predicted octanol–water partition coefficient (Wildman–Crippen LogP) is 3.79. The van der Waals surface area contributed by atoms with Crippen molar-refractivity contribution in [3.05, 3.63) is 17.0 Å². The quantitative estimate of drug-likeness (QED) is 0.793. The molecule has 0 fully saturated rings. The molecule has 1 aromatic heterocycles. The van der Waals surface area contributed by atoms with Crippen LogP contribution in [0.5, 0.6) is 0 Å². The molecule has 1 N–H and O–H groups in total. The van der Waals surface area contributed by atoms with Crippen LogP contribution in [0.1, 0.15) is 70.5 Å². The van der Waals surface area contributed by atoms with E-state index < -0.39 is 0 Å². The van der Waals surface area contributed by atoms with Crippen molar-refractivity contribution in [1.82, 2.24) is 15.1 Å². The topological polar surface area (TPSA) is 29.9 Å². The highest BCUT2D eigenvalue weighted by Gasteiger charge is 2.14. The highest BCUT2D eigenvalue weighted by atomic mass is 15.3. The van der Waals surface area contributed by atoms with Gasteiger partial charge in [0.15, 0.2) is 0 Å². The first-order valence-electron chi connectivity index (χ1n) is 7.56. The van der Waals surface area contributed by atoms with Gasteiger partial charge >= 0.3 is 0 Å². The zero-order valence-corrected chi connectivity index (χ0v) is 13.8. The fourth-order valence-corrected chi connectivity index (χ4v) is 2.62. The Morgan fingerprint density at radius 3 is 2.37 bits per heavy atom. The standard InChI is InChI=1S/C16H31N3/c1-8-15-13(3)18-19(14(15)4)12(2)10-9-11-17-16(5,6)7/h12,17H,8-11H2,1-7H3. The van der Waals surface area contributed by atoms with Crippen LogP contribution in [0.15, 0.2) is 0 Å². The first-order valence-corrected chi connectivity index (χ1v) is 7.56. The van der Waals surface area contributed by atoms with E-state index in [9.17, 15) is 0 Å². The zero-order chi connectivity index (χ0) is 14.6. The van der Waals surface area contributed by atoms with Gasteiger partial charge in [0.2, 0.25) is 0 Å². The van der Waals surface area contributed by atoms with Gasteiger partial charge in [-0.1, -0.05) is 6.92 Å². The third kappa shape index (κ3) is 4.64. The van der Waals surface area contributed by atoms with Gasteiger partial charge < -0.3 is 5.32 Å². The summed E-state index contributed by atoms with van der Waals surface area (Å²) in [4.78, 5) is 0. The van der Waals surface area contributed by atoms with Crippen molar-refractivity contribution >= 4 is 0 Å². The molecule has 0 spiro atoms. The van der Waals surface area contributed by atoms with Gasteiger partial charge in [0.25, 0.3) is 0 Å². The molecule has 0 saturated heterocycles. The molecule has 3 heteroatoms. The molecular formula is C16H31N3. The van der Waals surface area contributed by atoms with Crippen LogP contribution in [-0.2, 0) is 6.42 Å². The molecular weight excluding hydrogens is 234 g/mol. The smallest absolute Gasteiger partial charge is 0.0628 e. The molecule has 1 aromatic rings. The Bertz CT molecular complexity index is 399. The van der Waals surface area contributed by atoms with E-state index in [0.717, 1.165) is 13.0 Å². The molecule has 1 atom stereocenters. The monoisotopic (exact) mass is 265 g/mol. The zero-order valence-electron chi connectivity index (χ0n) is 13.8. The second-order valence-electron chi connectivity index (χ2n) is 6.62. The largest absolute Gasteiger partial charge is 0.312 e. The highest BCUT2D eigenvalue weighted by molar-refractivity contribution is 5.24. The number of nitrogens with zero attached hydrogens (tertiary/aromatic N) is 2. The predicted molar refractivity (Wildman–Crippen MR) is 82.8 cm³/mol. The Balaban J connectivity index is 2.52. The summed E-state index contributed by atoms with van der Waals surface area (Å²) in [6.07, 6.45) is 3.45. The number of aromatic nitrogens is 2. The molecule has 1 unspecified atom stereocenters. The van der Waals surface area contributed by atoms with Crippen LogP contribution in [-0.4, -0.2) is 21.9 Å². The van der Waals surface area contributed by atoms with E-state index in [4.69, 9.17) is 5.10 Å². The maximum Gasteiger partial charge on any atom is 0.0628 e. The number of aryl methyl sites for hydroxylation is 1. The Kier molecular flexibility index (Phi) is 5.60. The van der Waals surface area contributed by atoms with Crippen molar-refractivity contribution < 1.29 is 0 Å². The number of rotatable bonds is 6. The van der Waals surface area contributed by atoms with Gasteiger partial charge in [-0.05, 0) is 72.9 Å². The van der Waals surface area contributed by atoms with Gasteiger partial charge in [0, 0.05) is 17.3 Å². The third-order valence-corrected chi connectivity index (χ3v) is 3.70. The van der Waals surface area contributed by atoms with Crippen molar-refractivity contribution in [3.8, 4) is 0 Å². The Labute approximate surface area is 118 Å². The van der Waals surface area contributed by atoms with Gasteiger partial charge in [-0.15, -0.1) is 0 Å². The molecule has 19 heavy (non-hydrogen) atoms. The van der Waals surface area contributed by atoms with Crippen molar-refractivity contribution in [2.75, 3.05) is 6.54 Å². The molecule has 0 radical (unpaired) electrons. The third-order valence-electron chi connectivity index (χ3n) is 3.70. The van der Waals surface area contributed by atoms with E-state index in [1.54, 1.807) is 0 Å². The first kappa shape index (κ1) is 16.2. The fourth-order valence-electron chi connectivity index (χ4n) is 2.62. The summed E-state index contributed by atoms with van der Waals surface area (Å²) in [6.45, 7) is 16.5. The summed E-state index contributed by atoms with van der Waals surface area (Å²) in [7, 11) is 0. The Morgan fingerprint density at radius 2 is 1.89 bits per heavy atom. The van der Waals surface area contributed by atoms with Crippen LogP contribution in [0.2, 0.25) is 0 Å². The minimum absolute atomic E-state index is 0.219. The van der Waals surface area contributed by atoms with Crippen LogP contribution in [0.4, 0.5) is 0 Å². The molecule has 3 nitrogen and oxygen atoms in total. The van der Waals surface area contributed by atoms with Crippen LogP contribution in [0, 0.1) is 13.8 Å². The Morgan fingerprint density at radius 1 is 1.26 bits per heavy atom. The number of hydrogen-bond donors (Lipinski definition) is 1. The molecule has 0 aliphatic carbocycles. The van der Waals surface area contributed by atoms with Crippen LogP contribution >= 0.6 is 0 Å². The number of nitrogens with one attached hydrogen (secondary N) is 1. The average molecular weight is 265 g/mol. The van der Waals surface area contributed by atoms with Crippen LogP contribution in [0.3, 0.4) is 0 Å². The van der Waals surface area contributed by atoms with Gasteiger partial charge in [-0.3, -0.25) is 4.68 Å². The van der Waals surface area contributed by atoms with Crippen molar-refractivity contribution in [2.45, 2.75) is 79.3 Å². The fraction of sp³-hybridized carbons (Fsp3) is 0.812. The molecule has 0 amide bonds. The lowest BCUT2D eigenvalue weighted by Crippen LogP contribution is -2.36. The summed E-state index contributed by atoms with van der Waals surface area (Å²) in [5, 5.41) is 8.25. The van der Waals surface area contributed by atoms with E-state index >= 15 is 0 Å². The van der Waals surface area contributed by atoms with Crippen molar-refractivity contribution in [1.29, 1.82) is 0 Å². The van der Waals surface area contributed by atoms with Gasteiger partial charge in [0.05, 0.1) is 5.69 Å². The van der Waals surface area contributed by atoms with E-state index in [2.05, 4.69) is 58.5 Å². The van der Waals surface area contributed by atoms with Crippen molar-refractivity contribution in [3.63, 3.8) is 0 Å². The second-order valence-corrected chi connectivity index (χ2v) is 6.62. The summed E-state index contributed by atoms with van der Waals surface area (Å²) < 4.78 is 2.21. The normalized spacial score (nSPS) is 13.8. The molecule has 0 aliphatic heterocycles.